The average molecular weight is 622 g/mol. The molecule has 0 atom stereocenters. The first kappa shape index (κ1) is 27.3. The fourth-order valence-corrected chi connectivity index (χ4v) is 8.21. The van der Waals surface area contributed by atoms with Crippen molar-refractivity contribution in [3.63, 3.8) is 0 Å². The van der Waals surface area contributed by atoms with Crippen LogP contribution >= 0.6 is 0 Å². The molecule has 0 fully saturated rings. The maximum absolute atomic E-state index is 6.96. The lowest BCUT2D eigenvalue weighted by Gasteiger charge is -2.35. The fraction of sp³-hybridized carbons (Fsp3) is 0.116. The molecule has 0 saturated carbocycles. The summed E-state index contributed by atoms with van der Waals surface area (Å²) < 4.78 is 4.48. The zero-order valence-electron chi connectivity index (χ0n) is 27.0. The number of anilines is 2. The molecule has 0 spiro atoms. The van der Waals surface area contributed by atoms with Gasteiger partial charge in [-0.15, -0.1) is 0 Å². The van der Waals surface area contributed by atoms with Gasteiger partial charge in [-0.3, -0.25) is 0 Å². The van der Waals surface area contributed by atoms with Gasteiger partial charge in [-0.05, 0) is 88.7 Å². The van der Waals surface area contributed by atoms with E-state index in [1.54, 1.807) is 0 Å². The second-order valence-electron chi connectivity index (χ2n) is 13.9. The Kier molecular flexibility index (Phi) is 5.48. The quantitative estimate of drug-likeness (QED) is 0.207. The van der Waals surface area contributed by atoms with Gasteiger partial charge in [0.05, 0.1) is 16.7 Å². The number of nitrogens with two attached hydrogens (primary N) is 1. The third-order valence-corrected chi connectivity index (χ3v) is 10.5. The van der Waals surface area contributed by atoms with E-state index in [4.69, 9.17) is 5.73 Å². The number of aromatic nitrogens is 2. The van der Waals surface area contributed by atoms with Gasteiger partial charge in [0, 0.05) is 57.6 Å². The molecule has 5 heteroatoms. The van der Waals surface area contributed by atoms with E-state index in [0.29, 0.717) is 0 Å². The number of fused-ring (bicyclic) bond motifs is 8. The number of nitrogens with zero attached hydrogens (tertiary/aromatic N) is 3. The zero-order valence-corrected chi connectivity index (χ0v) is 27.0. The summed E-state index contributed by atoms with van der Waals surface area (Å²) in [6.45, 7) is 5.49. The van der Waals surface area contributed by atoms with Crippen molar-refractivity contribution in [2.75, 3.05) is 11.4 Å². The minimum absolute atomic E-state index is 0.212. The van der Waals surface area contributed by atoms with E-state index in [0.717, 1.165) is 23.6 Å². The largest absolute Gasteiger partial charge is 0.368 e. The molecule has 232 valence electrons. The topological polar surface area (TPSA) is 51.1 Å². The van der Waals surface area contributed by atoms with Gasteiger partial charge in [0.25, 0.3) is 0 Å². The molecular formula is C43H35N5. The van der Waals surface area contributed by atoms with Gasteiger partial charge in [-0.25, -0.2) is 0 Å². The predicted molar refractivity (Wildman–Crippen MR) is 201 cm³/mol. The van der Waals surface area contributed by atoms with Crippen LogP contribution in [0.2, 0.25) is 0 Å². The van der Waals surface area contributed by atoms with Crippen molar-refractivity contribution in [3.8, 4) is 11.1 Å². The molecule has 5 nitrogen and oxygen atoms in total. The molecule has 4 aromatic carbocycles. The van der Waals surface area contributed by atoms with Crippen LogP contribution in [0.15, 0.2) is 152 Å². The molecule has 2 aromatic heterocycles. The van der Waals surface area contributed by atoms with E-state index in [-0.39, 0.29) is 5.41 Å². The molecule has 48 heavy (non-hydrogen) atoms. The van der Waals surface area contributed by atoms with Gasteiger partial charge in [0.2, 0.25) is 0 Å². The summed E-state index contributed by atoms with van der Waals surface area (Å²) in [4.78, 5) is 2.52. The van der Waals surface area contributed by atoms with E-state index in [1.807, 2.05) is 12.2 Å². The first-order chi connectivity index (χ1) is 23.4. The smallest absolute Gasteiger partial charge is 0.131 e. The van der Waals surface area contributed by atoms with Gasteiger partial charge in [-0.1, -0.05) is 80.6 Å². The second-order valence-corrected chi connectivity index (χ2v) is 13.9. The molecule has 0 unspecified atom stereocenters. The van der Waals surface area contributed by atoms with Crippen LogP contribution < -0.4 is 16.0 Å². The molecule has 6 aromatic rings. The maximum Gasteiger partial charge on any atom is 0.131 e. The summed E-state index contributed by atoms with van der Waals surface area (Å²) in [6, 6.07) is 29.3. The van der Waals surface area contributed by atoms with Gasteiger partial charge >= 0.3 is 0 Å². The lowest BCUT2D eigenvalue weighted by atomic mass is 9.88. The Balaban J connectivity index is 1.32. The third kappa shape index (κ3) is 3.76. The van der Waals surface area contributed by atoms with Gasteiger partial charge in [0.15, 0.2) is 0 Å². The van der Waals surface area contributed by atoms with E-state index < -0.39 is 5.66 Å². The van der Waals surface area contributed by atoms with Crippen molar-refractivity contribution < 1.29 is 0 Å². The van der Waals surface area contributed by atoms with Gasteiger partial charge in [0.1, 0.15) is 11.5 Å². The summed E-state index contributed by atoms with van der Waals surface area (Å²) in [5.74, 6) is 1.08. The number of benzene rings is 4. The highest BCUT2D eigenvalue weighted by atomic mass is 15.2. The summed E-state index contributed by atoms with van der Waals surface area (Å²) in [6.07, 6.45) is 23.6. The van der Waals surface area contributed by atoms with Crippen LogP contribution in [0.5, 0.6) is 0 Å². The van der Waals surface area contributed by atoms with Crippen molar-refractivity contribution in [2.45, 2.75) is 19.5 Å². The van der Waals surface area contributed by atoms with E-state index in [2.05, 4.69) is 167 Å². The Morgan fingerprint density at radius 1 is 0.750 bits per heavy atom. The maximum atomic E-state index is 6.96. The molecule has 0 amide bonds. The van der Waals surface area contributed by atoms with Crippen molar-refractivity contribution in [3.05, 3.63) is 157 Å². The Labute approximate surface area is 279 Å². The molecule has 0 radical (unpaired) electrons. The number of nitrogens with one attached hydrogen (secondary N) is 1. The van der Waals surface area contributed by atoms with Crippen LogP contribution in [0.3, 0.4) is 0 Å². The fourth-order valence-electron chi connectivity index (χ4n) is 8.21. The molecule has 0 bridgehead atoms. The predicted octanol–water partition coefficient (Wildman–Crippen LogP) is 9.57. The van der Waals surface area contributed by atoms with Crippen LogP contribution in [-0.2, 0) is 5.66 Å². The van der Waals surface area contributed by atoms with Crippen LogP contribution in [0, 0.1) is 5.41 Å². The third-order valence-electron chi connectivity index (χ3n) is 10.5. The Hall–Kier alpha value is -5.78. The minimum atomic E-state index is -0.706. The molecule has 2 aliphatic carbocycles. The Morgan fingerprint density at radius 3 is 2.44 bits per heavy atom. The minimum Gasteiger partial charge on any atom is -0.368 e. The summed E-state index contributed by atoms with van der Waals surface area (Å²) in [7, 11) is 0. The first-order valence-electron chi connectivity index (χ1n) is 16.7. The number of hydrogen-bond donors (Lipinski definition) is 2. The number of hydrogen-bond acceptors (Lipinski definition) is 3. The number of allylic oxidation sites excluding steroid dienone is 7. The van der Waals surface area contributed by atoms with Crippen LogP contribution in [0.25, 0.3) is 55.1 Å². The lowest BCUT2D eigenvalue weighted by molar-refractivity contribution is 0.510. The highest BCUT2D eigenvalue weighted by molar-refractivity contribution is 6.12. The van der Waals surface area contributed by atoms with E-state index in [9.17, 15) is 0 Å². The highest BCUT2D eigenvalue weighted by Gasteiger charge is 2.39. The monoisotopic (exact) mass is 621 g/mol. The summed E-state index contributed by atoms with van der Waals surface area (Å²) >= 11 is 0. The van der Waals surface area contributed by atoms with Gasteiger partial charge in [-0.2, -0.15) is 0 Å². The zero-order chi connectivity index (χ0) is 32.2. The van der Waals surface area contributed by atoms with Crippen LogP contribution in [0.1, 0.15) is 19.4 Å². The van der Waals surface area contributed by atoms with Crippen molar-refractivity contribution in [1.82, 2.24) is 14.5 Å². The van der Waals surface area contributed by atoms with Crippen molar-refractivity contribution in [2.24, 2.45) is 11.1 Å². The lowest BCUT2D eigenvalue weighted by Crippen LogP contribution is -2.37. The summed E-state index contributed by atoms with van der Waals surface area (Å²) in [5, 5.41) is 8.40. The van der Waals surface area contributed by atoms with E-state index >= 15 is 0 Å². The molecule has 3 N–H and O–H groups in total. The van der Waals surface area contributed by atoms with E-state index in [1.165, 1.54) is 60.7 Å². The molecule has 4 heterocycles. The second kappa shape index (κ2) is 9.63. The normalized spacial score (nSPS) is 18.4. The van der Waals surface area contributed by atoms with Crippen molar-refractivity contribution >= 4 is 55.3 Å². The molecular weight excluding hydrogens is 587 g/mol. The Morgan fingerprint density at radius 2 is 1.60 bits per heavy atom. The molecule has 4 aliphatic rings. The SMILES string of the molecule is CC1(C)C=CC2=C1N(c1ccc3ccccc3c1)c1ccc3c(ccn3C3(N)C=CC=C3)c1-c1cc3ccn(C4=CC=CCN4)c3cc12. The molecule has 10 rings (SSSR count). The molecule has 0 saturated heterocycles. The first-order valence-corrected chi connectivity index (χ1v) is 16.7. The number of rotatable bonds is 3. The van der Waals surface area contributed by atoms with Crippen LogP contribution in [-0.4, -0.2) is 15.7 Å². The number of dihydropyridines is 1. The highest BCUT2D eigenvalue weighted by Crippen LogP contribution is 2.56. The van der Waals surface area contributed by atoms with Gasteiger partial charge < -0.3 is 25.1 Å². The summed E-state index contributed by atoms with van der Waals surface area (Å²) in [5.41, 5.74) is 16.9. The average Bonchev–Trinajstić information content (AvgIpc) is 3.89. The standard InChI is InChI=1S/C43H35N5/c1-42(2)21-16-32-34-27-38-30(17-23-46(38)39-11-5-8-22-45-39)26-35(34)40-33-18-24-47(43(44)19-6-7-20-43)36(33)14-15-37(40)48(41(32)42)31-13-12-28-9-3-4-10-29(28)25-31/h3-21,23-27,45H,22,44H2,1-2H3. The molecule has 2 aliphatic heterocycles. The Bertz CT molecular complexity index is 2550. The van der Waals surface area contributed by atoms with Crippen LogP contribution in [0.4, 0.5) is 11.4 Å². The van der Waals surface area contributed by atoms with Crippen molar-refractivity contribution in [1.29, 1.82) is 0 Å².